The van der Waals surface area contributed by atoms with Crippen LogP contribution in [0.4, 0.5) is 4.79 Å². The number of amides is 2. The van der Waals surface area contributed by atoms with Crippen LogP contribution in [0.15, 0.2) is 39.7 Å². The quantitative estimate of drug-likeness (QED) is 0.451. The van der Waals surface area contributed by atoms with Gasteiger partial charge in [-0.2, -0.15) is 0 Å². The summed E-state index contributed by atoms with van der Waals surface area (Å²) in [6.07, 6.45) is 6.90. The van der Waals surface area contributed by atoms with Crippen LogP contribution in [0.5, 0.6) is 5.75 Å². The molecule has 0 saturated carbocycles. The summed E-state index contributed by atoms with van der Waals surface area (Å²) in [5.41, 5.74) is 0. The number of allylic oxidation sites excluding steroid dienone is 4. The van der Waals surface area contributed by atoms with E-state index in [1.165, 1.54) is 6.08 Å². The minimum absolute atomic E-state index is 0.0232. The Labute approximate surface area is 229 Å². The highest BCUT2D eigenvalue weighted by atomic mass is 79.9. The first-order valence-corrected chi connectivity index (χ1v) is 14.8. The number of piperidine rings is 2. The highest BCUT2D eigenvalue weighted by Crippen LogP contribution is 2.29. The van der Waals surface area contributed by atoms with Crippen molar-refractivity contribution in [1.29, 1.82) is 0 Å². The van der Waals surface area contributed by atoms with E-state index in [4.69, 9.17) is 40.2 Å². The van der Waals surface area contributed by atoms with Crippen LogP contribution in [0.1, 0.15) is 32.1 Å². The minimum Gasteiger partial charge on any atom is -0.490 e. The number of urea groups is 1. The third kappa shape index (κ3) is 6.78. The van der Waals surface area contributed by atoms with Crippen molar-refractivity contribution in [2.75, 3.05) is 26.2 Å². The van der Waals surface area contributed by atoms with Crippen LogP contribution in [0.3, 0.4) is 0 Å². The van der Waals surface area contributed by atoms with Crippen molar-refractivity contribution in [2.24, 2.45) is 0 Å². The number of nitrogens with one attached hydrogen (secondary N) is 1. The van der Waals surface area contributed by atoms with Gasteiger partial charge in [-0.15, -0.1) is 0 Å². The van der Waals surface area contributed by atoms with E-state index < -0.39 is 16.1 Å². The molecule has 1 aromatic carbocycles. The van der Waals surface area contributed by atoms with E-state index in [2.05, 4.69) is 25.6 Å². The van der Waals surface area contributed by atoms with Crippen LogP contribution in [0, 0.1) is 0 Å². The lowest BCUT2D eigenvalue weighted by Gasteiger charge is -2.41. The van der Waals surface area contributed by atoms with Gasteiger partial charge in [-0.1, -0.05) is 57.4 Å². The van der Waals surface area contributed by atoms with Crippen LogP contribution in [-0.4, -0.2) is 67.4 Å². The van der Waals surface area contributed by atoms with Gasteiger partial charge in [0.25, 0.3) is 10.0 Å². The maximum atomic E-state index is 12.7. The largest absolute Gasteiger partial charge is 0.490 e. The van der Waals surface area contributed by atoms with Gasteiger partial charge in [-0.3, -0.25) is 4.90 Å². The summed E-state index contributed by atoms with van der Waals surface area (Å²) in [5, 5.41) is 0.986. The Balaban J connectivity index is 1.23. The predicted molar refractivity (Wildman–Crippen MR) is 146 cm³/mol. The second-order valence-corrected chi connectivity index (χ2v) is 12.8. The normalized spacial score (nSPS) is 20.9. The summed E-state index contributed by atoms with van der Waals surface area (Å²) >= 11 is 20.6. The summed E-state index contributed by atoms with van der Waals surface area (Å²) in [6, 6.07) is 5.06. The van der Waals surface area contributed by atoms with Gasteiger partial charge in [-0.05, 0) is 43.9 Å². The predicted octanol–water partition coefficient (Wildman–Crippen LogP) is 5.28. The first kappa shape index (κ1) is 26.9. The molecular weight excluding hydrogens is 597 g/mol. The Bertz CT molecular complexity index is 1160. The molecule has 0 aromatic heterocycles. The molecule has 2 fully saturated rings. The molecule has 0 radical (unpaired) electrons. The fourth-order valence-corrected chi connectivity index (χ4v) is 7.09. The molecule has 0 spiro atoms. The molecule has 7 nitrogen and oxygen atoms in total. The van der Waals surface area contributed by atoms with Crippen LogP contribution in [0.2, 0.25) is 10.0 Å². The van der Waals surface area contributed by atoms with Crippen molar-refractivity contribution in [1.82, 2.24) is 14.5 Å². The van der Waals surface area contributed by atoms with E-state index in [0.717, 1.165) is 49.0 Å². The fourth-order valence-electron chi connectivity index (χ4n) is 4.57. The molecule has 2 aliphatic heterocycles. The first-order chi connectivity index (χ1) is 16.6. The van der Waals surface area contributed by atoms with E-state index in [1.54, 1.807) is 23.1 Å². The number of carbonyl (C=O) groups is 1. The zero-order chi connectivity index (χ0) is 25.2. The second-order valence-electron chi connectivity index (χ2n) is 8.80. The number of hydrogen-bond donors (Lipinski definition) is 1. The van der Waals surface area contributed by atoms with Crippen LogP contribution >= 0.6 is 51.3 Å². The van der Waals surface area contributed by atoms with Gasteiger partial charge in [0.15, 0.2) is 0 Å². The molecule has 190 valence electrons. The third-order valence-electron chi connectivity index (χ3n) is 6.47. The molecule has 12 heteroatoms. The molecule has 0 atom stereocenters. The molecule has 4 rings (SSSR count). The lowest BCUT2D eigenvalue weighted by Crippen LogP contribution is -2.52. The molecule has 1 N–H and O–H groups in total. The minimum atomic E-state index is -4.00. The molecule has 3 aliphatic rings. The topological polar surface area (TPSA) is 79.0 Å². The summed E-state index contributed by atoms with van der Waals surface area (Å²) in [5.74, 6) is 0.723. The summed E-state index contributed by atoms with van der Waals surface area (Å²) in [7, 11) is -4.00. The lowest BCUT2D eigenvalue weighted by atomic mass is 9.99. The van der Waals surface area contributed by atoms with Crippen molar-refractivity contribution in [3.05, 3.63) is 49.8 Å². The van der Waals surface area contributed by atoms with Gasteiger partial charge in [0.05, 0.1) is 10.0 Å². The summed E-state index contributed by atoms with van der Waals surface area (Å²) in [6.45, 7) is 2.82. The van der Waals surface area contributed by atoms with Gasteiger partial charge < -0.3 is 9.64 Å². The summed E-state index contributed by atoms with van der Waals surface area (Å²) in [4.78, 5) is 16.9. The maximum absolute atomic E-state index is 12.7. The lowest BCUT2D eigenvalue weighted by molar-refractivity contribution is 0.0540. The second kappa shape index (κ2) is 11.5. The van der Waals surface area contributed by atoms with E-state index in [9.17, 15) is 13.2 Å². The Kier molecular flexibility index (Phi) is 8.82. The molecular formula is C23H26BrCl2N3O4S2. The average Bonchev–Trinajstić information content (AvgIpc) is 2.81. The van der Waals surface area contributed by atoms with E-state index in [-0.39, 0.29) is 15.9 Å². The molecule has 0 unspecified atom stereocenters. The highest BCUT2D eigenvalue weighted by molar-refractivity contribution is 9.11. The number of halogens is 3. The number of likely N-dealkylation sites (tertiary alicyclic amines) is 2. The van der Waals surface area contributed by atoms with Crippen LogP contribution < -0.4 is 9.46 Å². The number of rotatable bonds is 5. The van der Waals surface area contributed by atoms with Crippen molar-refractivity contribution < 1.29 is 17.9 Å². The van der Waals surface area contributed by atoms with Crippen molar-refractivity contribution in [3.63, 3.8) is 0 Å². The monoisotopic (exact) mass is 621 g/mol. The number of ether oxygens (including phenoxy) is 1. The van der Waals surface area contributed by atoms with Crippen LogP contribution in [-0.2, 0) is 10.0 Å². The van der Waals surface area contributed by atoms with E-state index >= 15 is 0 Å². The van der Waals surface area contributed by atoms with Gasteiger partial charge in [0, 0.05) is 54.1 Å². The van der Waals surface area contributed by atoms with Gasteiger partial charge in [0.2, 0.25) is 0 Å². The van der Waals surface area contributed by atoms with E-state index in [1.807, 2.05) is 6.07 Å². The molecule has 2 saturated heterocycles. The number of benzene rings is 1. The number of hydrogen-bond acceptors (Lipinski definition) is 6. The number of nitrogens with zero attached hydrogens (tertiary/aromatic N) is 2. The zero-order valence-corrected chi connectivity index (χ0v) is 23.6. The molecule has 35 heavy (non-hydrogen) atoms. The molecule has 2 amide bonds. The zero-order valence-electron chi connectivity index (χ0n) is 18.9. The Morgan fingerprint density at radius 1 is 1.06 bits per heavy atom. The number of carbonyl (C=O) groups excluding carboxylic acids is 1. The molecule has 1 aliphatic carbocycles. The fraction of sp³-hybridized carbons (Fsp3) is 0.478. The van der Waals surface area contributed by atoms with Gasteiger partial charge in [0.1, 0.15) is 16.8 Å². The Morgan fingerprint density at radius 3 is 2.37 bits per heavy atom. The van der Waals surface area contributed by atoms with Crippen molar-refractivity contribution >= 4 is 72.3 Å². The van der Waals surface area contributed by atoms with Gasteiger partial charge in [-0.25, -0.2) is 17.9 Å². The SMILES string of the molecule is O=C(NS(=O)(=O)C1=CC=C(Br)CC1=S)N1CCC(N2CCC(Oc3ccc(Cl)c(Cl)c3)CC2)CC1. The van der Waals surface area contributed by atoms with E-state index in [0.29, 0.717) is 35.6 Å². The smallest absolute Gasteiger partial charge is 0.331 e. The number of thiocarbonyl (C=S) groups is 1. The maximum Gasteiger partial charge on any atom is 0.331 e. The van der Waals surface area contributed by atoms with Crippen molar-refractivity contribution in [3.8, 4) is 5.75 Å². The average molecular weight is 623 g/mol. The Hall–Kier alpha value is -1.17. The van der Waals surface area contributed by atoms with Crippen LogP contribution in [0.25, 0.3) is 0 Å². The molecule has 1 aromatic rings. The third-order valence-corrected chi connectivity index (χ3v) is 9.65. The standard InChI is InChI=1S/C23H26BrCl2N3O4S2/c24-15-1-4-22(21(34)13-15)35(31,32)27-23(30)29-9-5-16(6-10-29)28-11-7-17(8-12-28)33-18-2-3-19(25)20(26)14-18/h1-4,14,16-17H,5-13H2,(H,27,30). The molecule has 0 bridgehead atoms. The molecule has 2 heterocycles. The first-order valence-electron chi connectivity index (χ1n) is 11.4. The Morgan fingerprint density at radius 2 is 1.74 bits per heavy atom. The summed E-state index contributed by atoms with van der Waals surface area (Å²) < 4.78 is 34.4. The van der Waals surface area contributed by atoms with Gasteiger partial charge >= 0.3 is 6.03 Å². The van der Waals surface area contributed by atoms with Crippen molar-refractivity contribution in [2.45, 2.75) is 44.2 Å². The highest BCUT2D eigenvalue weighted by Gasteiger charge is 2.32. The number of sulfonamides is 1.